The molecule has 2 aromatic rings. The van der Waals surface area contributed by atoms with Gasteiger partial charge in [-0.15, -0.1) is 0 Å². The topological polar surface area (TPSA) is 195 Å². The summed E-state index contributed by atoms with van der Waals surface area (Å²) in [6.07, 6.45) is 4.22. The smallest absolute Gasteiger partial charge is 0.327 e. The third-order valence-corrected chi connectivity index (χ3v) is 13.4. The van der Waals surface area contributed by atoms with Crippen LogP contribution in [0.3, 0.4) is 0 Å². The molecule has 3 unspecified atom stereocenters. The van der Waals surface area contributed by atoms with E-state index in [9.17, 15) is 24.6 Å². The van der Waals surface area contributed by atoms with Gasteiger partial charge in [-0.3, -0.25) is 24.0 Å². The fraction of sp³-hybridized carbons (Fsp3) is 0.609. The van der Waals surface area contributed by atoms with Crippen molar-refractivity contribution in [2.24, 2.45) is 11.3 Å². The minimum Gasteiger partial charge on any atom is -0.460 e. The van der Waals surface area contributed by atoms with Crippen molar-refractivity contribution >= 4 is 29.8 Å². The Hall–Kier alpha value is -4.22. The molecule has 4 N–H and O–H groups in total. The van der Waals surface area contributed by atoms with Gasteiger partial charge < -0.3 is 44.5 Å². The molecule has 4 aliphatic heterocycles. The Morgan fingerprint density at radius 1 is 0.984 bits per heavy atom. The lowest BCUT2D eigenvalue weighted by molar-refractivity contribution is -0.217. The number of ether oxygens (including phenoxy) is 5. The molecule has 2 aromatic carbocycles. The van der Waals surface area contributed by atoms with E-state index >= 15 is 4.79 Å². The highest BCUT2D eigenvalue weighted by molar-refractivity contribution is 5.96. The number of nitrogens with zero attached hydrogens (tertiary/aromatic N) is 1. The lowest BCUT2D eigenvalue weighted by atomic mass is 9.62. The number of nitrogens with one attached hydrogen (secondary N) is 2. The predicted molar refractivity (Wildman–Crippen MR) is 217 cm³/mol. The quantitative estimate of drug-likeness (QED) is 0.170. The molecule has 2 bridgehead atoms. The summed E-state index contributed by atoms with van der Waals surface area (Å²) in [5, 5.41) is 28.1. The highest BCUT2D eigenvalue weighted by atomic mass is 16.8. The second-order valence-corrected chi connectivity index (χ2v) is 19.0. The third kappa shape index (κ3) is 8.14. The number of hydrogen-bond acceptors (Lipinski definition) is 13. The molecule has 4 saturated heterocycles. The van der Waals surface area contributed by atoms with Crippen LogP contribution < -0.4 is 10.6 Å². The van der Waals surface area contributed by atoms with E-state index in [1.807, 2.05) is 48.5 Å². The number of fused-ring (bicyclic) bond motifs is 6. The number of carbonyl (C=O) groups excluding carboxylic acids is 4. The number of carbonyl (C=O) groups is 4. The fourth-order valence-corrected chi connectivity index (χ4v) is 10.5. The average molecular weight is 844 g/mol. The van der Waals surface area contributed by atoms with Crippen LogP contribution in [0.25, 0.3) is 6.08 Å². The molecule has 0 radical (unpaired) electrons. The monoisotopic (exact) mass is 843 g/mol. The van der Waals surface area contributed by atoms with E-state index in [0.29, 0.717) is 31.0 Å². The molecule has 2 amide bonds. The van der Waals surface area contributed by atoms with Crippen molar-refractivity contribution in [1.82, 2.24) is 15.7 Å². The molecule has 4 heterocycles. The number of benzene rings is 2. The largest absolute Gasteiger partial charge is 0.460 e. The predicted octanol–water partition coefficient (Wildman–Crippen LogP) is 2.81. The number of allylic oxidation sites excluding steroid dienone is 1. The highest BCUT2D eigenvalue weighted by Crippen LogP contribution is 2.58. The van der Waals surface area contributed by atoms with Gasteiger partial charge in [0.05, 0.1) is 37.5 Å². The van der Waals surface area contributed by atoms with Crippen molar-refractivity contribution in [3.63, 3.8) is 0 Å². The zero-order valence-corrected chi connectivity index (χ0v) is 35.1. The normalized spacial score (nSPS) is 33.2. The first-order valence-electron chi connectivity index (χ1n) is 21.8. The standard InChI is InChI=1S/C46H57N3O12/c1-25(51)36(41(53)47-31(24-50)16-18-35(52)58-44(2,3)4)48-43(55)46-22-34-37-38(60-45(59-37)20-28-10-6-7-11-29(28)21-45)40(46)61-49(39(46)42(54)57-34)23-30-12-8-5-9-27(30)15-13-26-14-17-32-33(19-26)56-32/h5-13,15,25-26,31-34,36-40,50-51H,14,16-24H2,1-4H3,(H,47,53)(H,48,55)/t25-,26?,31-,32?,33?,34+,36+,37-,38-,39-,40+,46-/m0/s1. The van der Waals surface area contributed by atoms with Crippen molar-refractivity contribution in [1.29, 1.82) is 0 Å². The summed E-state index contributed by atoms with van der Waals surface area (Å²) >= 11 is 0. The summed E-state index contributed by atoms with van der Waals surface area (Å²) in [6.45, 7) is 6.22. The SMILES string of the molecule is C[C@H](O)[C@@H](NC(=O)[C@@]12C[C@H]3OC(=O)[C@@H]1N(Cc1ccccc1C=CC1CCC4OC4C1)O[C@@H]2[C@H]1OC2(Cc4ccccc4C2)O[C@H]13)C(=O)N[C@H](CO)CCC(=O)OC(C)(C)C. The van der Waals surface area contributed by atoms with Crippen LogP contribution in [0.2, 0.25) is 0 Å². The number of epoxide rings is 1. The molecular formula is C46H57N3O12. The first-order chi connectivity index (χ1) is 29.1. The first kappa shape index (κ1) is 42.1. The van der Waals surface area contributed by atoms with Crippen LogP contribution in [0, 0.1) is 11.3 Å². The maximum absolute atomic E-state index is 15.2. The molecule has 1 spiro atoms. The van der Waals surface area contributed by atoms with Gasteiger partial charge in [-0.2, -0.15) is 5.06 Å². The Kier molecular flexibility index (Phi) is 11.2. The number of aliphatic hydroxyl groups excluding tert-OH is 2. The summed E-state index contributed by atoms with van der Waals surface area (Å²) < 4.78 is 30.9. The second kappa shape index (κ2) is 16.2. The molecule has 3 aliphatic carbocycles. The Bertz CT molecular complexity index is 2040. The van der Waals surface area contributed by atoms with Crippen molar-refractivity contribution < 1.29 is 57.9 Å². The van der Waals surface area contributed by atoms with E-state index in [0.717, 1.165) is 41.5 Å². The molecular weight excluding hydrogens is 787 g/mol. The summed E-state index contributed by atoms with van der Waals surface area (Å²) in [7, 11) is 0. The fourth-order valence-electron chi connectivity index (χ4n) is 10.5. The number of rotatable bonds is 13. The first-order valence-corrected chi connectivity index (χ1v) is 21.8. The molecule has 61 heavy (non-hydrogen) atoms. The van der Waals surface area contributed by atoms with Crippen LogP contribution in [0.15, 0.2) is 54.6 Å². The Labute approximate surface area is 355 Å². The van der Waals surface area contributed by atoms with Gasteiger partial charge in [-0.05, 0) is 81.5 Å². The Morgan fingerprint density at radius 2 is 1.70 bits per heavy atom. The number of esters is 2. The van der Waals surface area contributed by atoms with E-state index in [1.54, 1.807) is 20.8 Å². The van der Waals surface area contributed by atoms with Crippen molar-refractivity contribution in [2.45, 2.75) is 158 Å². The summed E-state index contributed by atoms with van der Waals surface area (Å²) in [4.78, 5) is 62.7. The van der Waals surface area contributed by atoms with Gasteiger partial charge in [-0.1, -0.05) is 60.7 Å². The minimum absolute atomic E-state index is 0.0146. The molecule has 6 fully saturated rings. The molecule has 15 nitrogen and oxygen atoms in total. The molecule has 7 aliphatic rings. The van der Waals surface area contributed by atoms with Crippen LogP contribution in [-0.4, -0.2) is 118 Å². The zero-order valence-electron chi connectivity index (χ0n) is 35.1. The van der Waals surface area contributed by atoms with Crippen LogP contribution in [0.4, 0.5) is 0 Å². The van der Waals surface area contributed by atoms with E-state index < -0.39 is 95.8 Å². The van der Waals surface area contributed by atoms with E-state index in [4.69, 9.17) is 28.5 Å². The molecule has 9 rings (SSSR count). The second-order valence-electron chi connectivity index (χ2n) is 19.0. The van der Waals surface area contributed by atoms with E-state index in [2.05, 4.69) is 22.8 Å². The molecule has 328 valence electrons. The van der Waals surface area contributed by atoms with Gasteiger partial charge in [0.25, 0.3) is 0 Å². The number of amides is 2. The van der Waals surface area contributed by atoms with E-state index in [1.165, 1.54) is 12.0 Å². The zero-order chi connectivity index (χ0) is 42.8. The van der Waals surface area contributed by atoms with Crippen LogP contribution in [0.5, 0.6) is 0 Å². The molecule has 15 heteroatoms. The van der Waals surface area contributed by atoms with Gasteiger partial charge in [0, 0.05) is 25.7 Å². The molecule has 0 aromatic heterocycles. The number of aliphatic hydroxyl groups is 2. The van der Waals surface area contributed by atoms with E-state index in [-0.39, 0.29) is 25.8 Å². The molecule has 2 saturated carbocycles. The average Bonchev–Trinajstić information content (AvgIpc) is 3.56. The van der Waals surface area contributed by atoms with Crippen LogP contribution in [-0.2, 0) is 67.1 Å². The Morgan fingerprint density at radius 3 is 2.41 bits per heavy atom. The molecule has 12 atom stereocenters. The van der Waals surface area contributed by atoms with Gasteiger partial charge >= 0.3 is 11.9 Å². The van der Waals surface area contributed by atoms with Crippen LogP contribution >= 0.6 is 0 Å². The van der Waals surface area contributed by atoms with Crippen molar-refractivity contribution in [2.75, 3.05) is 6.61 Å². The summed E-state index contributed by atoms with van der Waals surface area (Å²) in [6, 6.07) is 12.2. The van der Waals surface area contributed by atoms with Gasteiger partial charge in [0.1, 0.15) is 41.5 Å². The van der Waals surface area contributed by atoms with Crippen molar-refractivity contribution in [3.8, 4) is 0 Å². The lowest BCUT2D eigenvalue weighted by Crippen LogP contribution is -2.71. The van der Waals surface area contributed by atoms with Crippen molar-refractivity contribution in [3.05, 3.63) is 76.9 Å². The van der Waals surface area contributed by atoms with Gasteiger partial charge in [0.2, 0.25) is 11.8 Å². The van der Waals surface area contributed by atoms with Gasteiger partial charge in [0.15, 0.2) is 11.8 Å². The maximum Gasteiger partial charge on any atom is 0.327 e. The van der Waals surface area contributed by atoms with Gasteiger partial charge in [-0.25, -0.2) is 0 Å². The highest BCUT2D eigenvalue weighted by Gasteiger charge is 2.76. The lowest BCUT2D eigenvalue weighted by Gasteiger charge is -2.49. The number of hydrogen-bond donors (Lipinski definition) is 4. The summed E-state index contributed by atoms with van der Waals surface area (Å²) in [5.74, 6) is -3.29. The summed E-state index contributed by atoms with van der Waals surface area (Å²) in [5.41, 5.74) is 1.64. The maximum atomic E-state index is 15.2. The number of hydroxylamine groups is 2. The third-order valence-electron chi connectivity index (χ3n) is 13.4. The minimum atomic E-state index is -1.63. The van der Waals surface area contributed by atoms with Crippen LogP contribution in [0.1, 0.15) is 88.5 Å². The Balaban J connectivity index is 0.996.